The standard InChI is InChI=1S/C11H13ClN2OS/c12-10-9(4-1-5-13-10)11(15)14-8-3-2-6-16-7-8/h1,4-5,8H,2-3,6-7H2,(H,14,15). The first-order valence-corrected chi connectivity index (χ1v) is 6.80. The van der Waals surface area contributed by atoms with Gasteiger partial charge in [0.1, 0.15) is 5.15 Å². The number of thioether (sulfide) groups is 1. The number of aromatic nitrogens is 1. The highest BCUT2D eigenvalue weighted by Gasteiger charge is 2.18. The molecule has 1 atom stereocenters. The van der Waals surface area contributed by atoms with Crippen molar-refractivity contribution in [1.82, 2.24) is 10.3 Å². The molecule has 1 saturated heterocycles. The smallest absolute Gasteiger partial charge is 0.254 e. The Kier molecular flexibility index (Phi) is 4.07. The second-order valence-electron chi connectivity index (χ2n) is 3.73. The van der Waals surface area contributed by atoms with E-state index in [0.717, 1.165) is 18.6 Å². The molecule has 1 amide bonds. The van der Waals surface area contributed by atoms with Gasteiger partial charge < -0.3 is 5.32 Å². The van der Waals surface area contributed by atoms with Crippen LogP contribution < -0.4 is 5.32 Å². The molecule has 2 rings (SSSR count). The van der Waals surface area contributed by atoms with Crippen molar-refractivity contribution < 1.29 is 4.79 Å². The first-order chi connectivity index (χ1) is 7.77. The van der Waals surface area contributed by atoms with Gasteiger partial charge in [-0.15, -0.1) is 0 Å². The monoisotopic (exact) mass is 256 g/mol. The van der Waals surface area contributed by atoms with E-state index in [-0.39, 0.29) is 17.1 Å². The van der Waals surface area contributed by atoms with Crippen LogP contribution in [0.25, 0.3) is 0 Å². The minimum absolute atomic E-state index is 0.120. The van der Waals surface area contributed by atoms with Gasteiger partial charge in [0, 0.05) is 18.0 Å². The highest BCUT2D eigenvalue weighted by atomic mass is 35.5. The fourth-order valence-electron chi connectivity index (χ4n) is 1.67. The van der Waals surface area contributed by atoms with Gasteiger partial charge in [0.05, 0.1) is 5.56 Å². The van der Waals surface area contributed by atoms with Crippen LogP contribution in [-0.2, 0) is 0 Å². The number of amides is 1. The minimum atomic E-state index is -0.120. The van der Waals surface area contributed by atoms with Gasteiger partial charge in [0.15, 0.2) is 0 Å². The maximum absolute atomic E-state index is 11.9. The zero-order chi connectivity index (χ0) is 11.4. The van der Waals surface area contributed by atoms with Crippen molar-refractivity contribution in [3.05, 3.63) is 29.0 Å². The van der Waals surface area contributed by atoms with E-state index >= 15 is 0 Å². The van der Waals surface area contributed by atoms with E-state index in [0.29, 0.717) is 5.56 Å². The van der Waals surface area contributed by atoms with Gasteiger partial charge in [-0.3, -0.25) is 4.79 Å². The molecule has 0 spiro atoms. The third kappa shape index (κ3) is 2.89. The van der Waals surface area contributed by atoms with Crippen molar-refractivity contribution in [3.8, 4) is 0 Å². The number of nitrogens with one attached hydrogen (secondary N) is 1. The highest BCUT2D eigenvalue weighted by molar-refractivity contribution is 7.99. The normalized spacial score (nSPS) is 20.4. The molecular formula is C11H13ClN2OS. The molecule has 1 N–H and O–H groups in total. The number of pyridine rings is 1. The molecule has 0 saturated carbocycles. The second kappa shape index (κ2) is 5.55. The largest absolute Gasteiger partial charge is 0.348 e. The quantitative estimate of drug-likeness (QED) is 0.826. The molecule has 0 aliphatic carbocycles. The van der Waals surface area contributed by atoms with Gasteiger partial charge in [-0.1, -0.05) is 11.6 Å². The van der Waals surface area contributed by atoms with Crippen molar-refractivity contribution in [1.29, 1.82) is 0 Å². The summed E-state index contributed by atoms with van der Waals surface area (Å²) in [6.45, 7) is 0. The number of hydrogen-bond acceptors (Lipinski definition) is 3. The Morgan fingerprint density at radius 3 is 3.19 bits per heavy atom. The SMILES string of the molecule is O=C(NC1CCCSC1)c1cccnc1Cl. The maximum atomic E-state index is 11.9. The molecular weight excluding hydrogens is 244 g/mol. The molecule has 1 aromatic rings. The van der Waals surface area contributed by atoms with Crippen LogP contribution in [0.4, 0.5) is 0 Å². The van der Waals surface area contributed by atoms with Crippen molar-refractivity contribution in [2.24, 2.45) is 0 Å². The predicted octanol–water partition coefficient (Wildman–Crippen LogP) is 2.36. The number of rotatable bonds is 2. The van der Waals surface area contributed by atoms with Crippen LogP contribution in [-0.4, -0.2) is 28.4 Å². The van der Waals surface area contributed by atoms with Crippen molar-refractivity contribution in [2.75, 3.05) is 11.5 Å². The van der Waals surface area contributed by atoms with Gasteiger partial charge in [-0.2, -0.15) is 11.8 Å². The summed E-state index contributed by atoms with van der Waals surface area (Å²) in [6.07, 6.45) is 3.79. The first-order valence-electron chi connectivity index (χ1n) is 5.26. The first kappa shape index (κ1) is 11.7. The molecule has 1 aliphatic rings. The Hall–Kier alpha value is -0.740. The van der Waals surface area contributed by atoms with Crippen LogP contribution in [0, 0.1) is 0 Å². The Morgan fingerprint density at radius 1 is 1.62 bits per heavy atom. The van der Waals surface area contributed by atoms with Crippen molar-refractivity contribution in [2.45, 2.75) is 18.9 Å². The van der Waals surface area contributed by atoms with Gasteiger partial charge in [-0.05, 0) is 30.7 Å². The molecule has 0 bridgehead atoms. The van der Waals surface area contributed by atoms with E-state index in [1.54, 1.807) is 18.3 Å². The number of carbonyl (C=O) groups is 1. The van der Waals surface area contributed by atoms with Crippen LogP contribution in [0.5, 0.6) is 0 Å². The summed E-state index contributed by atoms with van der Waals surface area (Å²) in [4.78, 5) is 15.8. The van der Waals surface area contributed by atoms with E-state index in [9.17, 15) is 4.79 Å². The zero-order valence-corrected chi connectivity index (χ0v) is 10.4. The topological polar surface area (TPSA) is 42.0 Å². The Balaban J connectivity index is 2.00. The lowest BCUT2D eigenvalue weighted by atomic mass is 10.1. The molecule has 1 aliphatic heterocycles. The number of hydrogen-bond donors (Lipinski definition) is 1. The van der Waals surface area contributed by atoms with Crippen molar-refractivity contribution in [3.63, 3.8) is 0 Å². The molecule has 2 heterocycles. The minimum Gasteiger partial charge on any atom is -0.348 e. The Morgan fingerprint density at radius 2 is 2.50 bits per heavy atom. The lowest BCUT2D eigenvalue weighted by molar-refractivity contribution is 0.0938. The third-order valence-electron chi connectivity index (χ3n) is 2.50. The molecule has 16 heavy (non-hydrogen) atoms. The fourth-order valence-corrected chi connectivity index (χ4v) is 2.95. The number of carbonyl (C=O) groups excluding carboxylic acids is 1. The lowest BCUT2D eigenvalue weighted by Gasteiger charge is -2.22. The molecule has 5 heteroatoms. The molecule has 1 fully saturated rings. The summed E-state index contributed by atoms with van der Waals surface area (Å²) >= 11 is 7.74. The highest BCUT2D eigenvalue weighted by Crippen LogP contribution is 2.18. The summed E-state index contributed by atoms with van der Waals surface area (Å²) in [5.41, 5.74) is 0.458. The summed E-state index contributed by atoms with van der Waals surface area (Å²) < 4.78 is 0. The third-order valence-corrected chi connectivity index (χ3v) is 4.02. The van der Waals surface area contributed by atoms with Crippen LogP contribution >= 0.6 is 23.4 Å². The van der Waals surface area contributed by atoms with Gasteiger partial charge in [0.2, 0.25) is 0 Å². The predicted molar refractivity (Wildman–Crippen MR) is 67.1 cm³/mol. The van der Waals surface area contributed by atoms with Crippen LogP contribution in [0.1, 0.15) is 23.2 Å². The molecule has 86 valence electrons. The molecule has 0 aromatic carbocycles. The Bertz CT molecular complexity index is 380. The van der Waals surface area contributed by atoms with Crippen molar-refractivity contribution >= 4 is 29.3 Å². The molecule has 1 aromatic heterocycles. The summed E-state index contributed by atoms with van der Waals surface area (Å²) in [7, 11) is 0. The maximum Gasteiger partial charge on any atom is 0.254 e. The second-order valence-corrected chi connectivity index (χ2v) is 5.24. The van der Waals surface area contributed by atoms with Crippen LogP contribution in [0.15, 0.2) is 18.3 Å². The van der Waals surface area contributed by atoms with E-state index in [1.165, 1.54) is 5.75 Å². The lowest BCUT2D eigenvalue weighted by Crippen LogP contribution is -2.38. The molecule has 0 radical (unpaired) electrons. The average Bonchev–Trinajstić information content (AvgIpc) is 2.31. The van der Waals surface area contributed by atoms with E-state index in [4.69, 9.17) is 11.6 Å². The summed E-state index contributed by atoms with van der Waals surface area (Å²) in [5, 5.41) is 3.26. The van der Waals surface area contributed by atoms with E-state index in [2.05, 4.69) is 10.3 Å². The van der Waals surface area contributed by atoms with Gasteiger partial charge in [-0.25, -0.2) is 4.98 Å². The number of halogens is 1. The zero-order valence-electron chi connectivity index (χ0n) is 8.78. The summed E-state index contributed by atoms with van der Waals surface area (Å²) in [6, 6.07) is 3.68. The van der Waals surface area contributed by atoms with Gasteiger partial charge in [0.25, 0.3) is 5.91 Å². The van der Waals surface area contributed by atoms with Crippen LogP contribution in [0.2, 0.25) is 5.15 Å². The average molecular weight is 257 g/mol. The molecule has 1 unspecified atom stereocenters. The van der Waals surface area contributed by atoms with Gasteiger partial charge >= 0.3 is 0 Å². The van der Waals surface area contributed by atoms with E-state index in [1.807, 2.05) is 11.8 Å². The van der Waals surface area contributed by atoms with E-state index < -0.39 is 0 Å². The van der Waals surface area contributed by atoms with Crippen LogP contribution in [0.3, 0.4) is 0 Å². The molecule has 3 nitrogen and oxygen atoms in total. The number of nitrogens with zero attached hydrogens (tertiary/aromatic N) is 1. The Labute approximate surface area is 104 Å². The summed E-state index contributed by atoms with van der Waals surface area (Å²) in [5.74, 6) is 2.06. The fraction of sp³-hybridized carbons (Fsp3) is 0.455.